The fraction of sp³-hybridized carbons (Fsp3) is 0.925. The van der Waals surface area contributed by atoms with Crippen LogP contribution in [0, 0.1) is 41.4 Å². The third-order valence-corrected chi connectivity index (χ3v) is 17.0. The van der Waals surface area contributed by atoms with Crippen LogP contribution in [-0.2, 0) is 57.0 Å². The number of ether oxygens (including phenoxy) is 10. The zero-order valence-corrected chi connectivity index (χ0v) is 43.7. The maximum atomic E-state index is 14.8. The highest BCUT2D eigenvalue weighted by atomic mass is 16.8. The number of hydrogen-bond acceptors (Lipinski definition) is 15. The van der Waals surface area contributed by atoms with Crippen molar-refractivity contribution in [2.45, 2.75) is 205 Å². The van der Waals surface area contributed by atoms with Gasteiger partial charge in [0.2, 0.25) is 11.7 Å². The number of rotatable bonds is 14. The van der Waals surface area contributed by atoms with Gasteiger partial charge in [0.15, 0.2) is 5.79 Å². The van der Waals surface area contributed by atoms with Gasteiger partial charge in [0.1, 0.15) is 11.9 Å². The second-order valence-corrected chi connectivity index (χ2v) is 21.7. The number of aliphatic hydroxyl groups is 3. The molecule has 6 aliphatic rings. The summed E-state index contributed by atoms with van der Waals surface area (Å²) in [4.78, 5) is 28.6. The summed E-state index contributed by atoms with van der Waals surface area (Å²) in [7, 11) is 0. The molecule has 19 atom stereocenters. The summed E-state index contributed by atoms with van der Waals surface area (Å²) in [5, 5.41) is 37.9. The first-order valence-corrected chi connectivity index (χ1v) is 26.8. The van der Waals surface area contributed by atoms with Crippen LogP contribution in [0.4, 0.5) is 0 Å². The van der Waals surface area contributed by atoms with Crippen molar-refractivity contribution in [3.05, 3.63) is 12.2 Å². The number of carbonyl (C=O) groups is 2. The average molecular weight is 982 g/mol. The lowest BCUT2D eigenvalue weighted by atomic mass is 9.72. The molecule has 0 radical (unpaired) electrons. The minimum atomic E-state index is -1.39. The molecule has 6 heterocycles. The molecule has 5 fully saturated rings. The van der Waals surface area contributed by atoms with Crippen molar-refractivity contribution >= 4 is 11.7 Å². The van der Waals surface area contributed by atoms with Crippen LogP contribution in [0.15, 0.2) is 12.2 Å². The van der Waals surface area contributed by atoms with Crippen molar-refractivity contribution in [2.24, 2.45) is 41.4 Å². The monoisotopic (exact) mass is 982 g/mol. The van der Waals surface area contributed by atoms with Gasteiger partial charge in [-0.2, -0.15) is 0 Å². The van der Waals surface area contributed by atoms with E-state index in [0.717, 1.165) is 6.42 Å². The van der Waals surface area contributed by atoms with Crippen molar-refractivity contribution in [3.63, 3.8) is 0 Å². The number of hydrogen-bond donors (Lipinski definition) is 4. The lowest BCUT2D eigenvalue weighted by Gasteiger charge is -2.54. The van der Waals surface area contributed by atoms with Crippen LogP contribution in [-0.4, -0.2) is 165 Å². The van der Waals surface area contributed by atoms with Crippen LogP contribution in [0.3, 0.4) is 0 Å². The van der Waals surface area contributed by atoms with Gasteiger partial charge < -0.3 is 68.0 Å². The Morgan fingerprint density at radius 2 is 1.43 bits per heavy atom. The van der Waals surface area contributed by atoms with Gasteiger partial charge in [-0.1, -0.05) is 55.4 Å². The third kappa shape index (κ3) is 13.2. The maximum absolute atomic E-state index is 14.8. The van der Waals surface area contributed by atoms with Gasteiger partial charge in [0, 0.05) is 36.6 Å². The number of carbonyl (C=O) groups excluding carboxylic acids is 2. The minimum Gasteiger partial charge on any atom is -0.392 e. The fourth-order valence-corrected chi connectivity index (χ4v) is 12.2. The molecule has 0 aromatic heterocycles. The average Bonchev–Trinajstić information content (AvgIpc) is 3.67. The molecule has 16 heteroatoms. The Kier molecular flexibility index (Phi) is 20.6. The predicted molar refractivity (Wildman–Crippen MR) is 257 cm³/mol. The lowest BCUT2D eigenvalue weighted by molar-refractivity contribution is -0.409. The van der Waals surface area contributed by atoms with E-state index in [1.165, 1.54) is 0 Å². The van der Waals surface area contributed by atoms with Crippen LogP contribution in [0.25, 0.3) is 0 Å². The van der Waals surface area contributed by atoms with Crippen molar-refractivity contribution in [2.75, 3.05) is 66.0 Å². The minimum absolute atomic E-state index is 0.00258. The van der Waals surface area contributed by atoms with E-state index < -0.39 is 64.8 Å². The van der Waals surface area contributed by atoms with Crippen molar-refractivity contribution < 1.29 is 72.3 Å². The normalized spacial score (nSPS) is 42.2. The molecule has 6 rings (SSSR count). The van der Waals surface area contributed by atoms with Gasteiger partial charge in [0.05, 0.1) is 119 Å². The highest BCUT2D eigenvalue weighted by Crippen LogP contribution is 2.54. The fourth-order valence-electron chi connectivity index (χ4n) is 12.2. The Hall–Kier alpha value is -1.64. The molecule has 0 bridgehead atoms. The molecule has 398 valence electrons. The smallest absolute Gasteiger partial charge is 0.225 e. The quantitative estimate of drug-likeness (QED) is 0.155. The van der Waals surface area contributed by atoms with E-state index in [1.807, 2.05) is 48.5 Å². The SMILES string of the molecule is CC[C@@H](C(=O)[C@@H](C)[C@@H](O)[C@H](C)[C@@H]1O[C@@H]([C@@H](CC)C(=O)NCC2COCCOCCOCCOCCO2)CC[C@@H]1C)[C@H]1O[C@]2(C=C[C@@H](O)[C@]3(CC[C@@](C)([C@H]4CC[C@](O)(CC)[C@H](C)O4)O3)O2)[C@H](C)C[C@@H]1C. The van der Waals surface area contributed by atoms with E-state index in [9.17, 15) is 24.9 Å². The largest absolute Gasteiger partial charge is 0.392 e. The van der Waals surface area contributed by atoms with Gasteiger partial charge >= 0.3 is 0 Å². The van der Waals surface area contributed by atoms with Crippen LogP contribution >= 0.6 is 0 Å². The van der Waals surface area contributed by atoms with E-state index in [4.69, 9.17) is 47.4 Å². The summed E-state index contributed by atoms with van der Waals surface area (Å²) < 4.78 is 62.7. The van der Waals surface area contributed by atoms with Crippen molar-refractivity contribution in [1.82, 2.24) is 5.32 Å². The van der Waals surface area contributed by atoms with Gasteiger partial charge in [-0.3, -0.25) is 9.59 Å². The molecule has 0 saturated carbocycles. The number of aliphatic hydroxyl groups excluding tert-OH is 2. The Morgan fingerprint density at radius 3 is 2.07 bits per heavy atom. The first-order valence-electron chi connectivity index (χ1n) is 26.8. The van der Waals surface area contributed by atoms with Gasteiger partial charge in [-0.15, -0.1) is 0 Å². The van der Waals surface area contributed by atoms with E-state index in [0.29, 0.717) is 117 Å². The Labute approximate surface area is 412 Å². The summed E-state index contributed by atoms with van der Waals surface area (Å²) in [6.45, 7) is 24.0. The number of amides is 1. The van der Waals surface area contributed by atoms with E-state index in [1.54, 1.807) is 12.2 Å². The second-order valence-electron chi connectivity index (χ2n) is 21.7. The molecule has 0 aromatic rings. The molecule has 16 nitrogen and oxygen atoms in total. The molecule has 1 unspecified atom stereocenters. The maximum Gasteiger partial charge on any atom is 0.225 e. The molecule has 6 aliphatic heterocycles. The van der Waals surface area contributed by atoms with Crippen LogP contribution in [0.2, 0.25) is 0 Å². The zero-order valence-electron chi connectivity index (χ0n) is 43.7. The highest BCUT2D eigenvalue weighted by molar-refractivity contribution is 5.84. The lowest BCUT2D eigenvalue weighted by Crippen LogP contribution is -2.63. The molecular formula is C53H91NO15. The predicted octanol–water partition coefficient (Wildman–Crippen LogP) is 5.68. The zero-order chi connectivity index (χ0) is 50.1. The summed E-state index contributed by atoms with van der Waals surface area (Å²) >= 11 is 0. The number of ketones is 1. The number of nitrogens with one attached hydrogen (secondary N) is 1. The summed E-state index contributed by atoms with van der Waals surface area (Å²) in [6, 6.07) is 0. The van der Waals surface area contributed by atoms with Crippen LogP contribution in [0.5, 0.6) is 0 Å². The molecule has 4 N–H and O–H groups in total. The van der Waals surface area contributed by atoms with Crippen LogP contribution < -0.4 is 5.32 Å². The van der Waals surface area contributed by atoms with Crippen LogP contribution in [0.1, 0.15) is 133 Å². The highest BCUT2D eigenvalue weighted by Gasteiger charge is 2.63. The molecule has 2 spiro atoms. The molecule has 0 aromatic carbocycles. The summed E-state index contributed by atoms with van der Waals surface area (Å²) in [6.07, 6.45) is 5.27. The van der Waals surface area contributed by atoms with Crippen molar-refractivity contribution in [3.8, 4) is 0 Å². The number of Topliss-reactive ketones (excluding diaryl/α,β-unsaturated/α-hetero) is 1. The standard InChI is InChI=1S/C53H91NO15/c1-11-40(49(58)54-31-39-32-63-27-26-61-23-22-60-24-25-62-28-29-64-39)42-15-14-33(4)47(66-42)37(8)45(56)36(7)46(57)41(12-2)48-34(5)30-35(6)52(67-48)19-16-43(55)53(69-52)21-20-50(10,68-53)44-17-18-51(59,13-3)38(9)65-44/h16,19,33-45,47-48,55-56,59H,11-15,17-18,20-32H2,1-10H3,(H,54,58)/t33-,34-,35+,36-,37-,38-,39?,40+,41-,42+,43+,44+,45+,47+,48-,50-,51+,52-,53-/m0/s1. The molecular weight excluding hydrogens is 891 g/mol. The van der Waals surface area contributed by atoms with E-state index in [-0.39, 0.29) is 66.5 Å². The molecule has 1 amide bonds. The van der Waals surface area contributed by atoms with E-state index in [2.05, 4.69) is 26.1 Å². The van der Waals surface area contributed by atoms with Crippen molar-refractivity contribution in [1.29, 1.82) is 0 Å². The summed E-state index contributed by atoms with van der Waals surface area (Å²) in [5.41, 5.74) is -1.66. The first kappa shape index (κ1) is 56.7. The first-order chi connectivity index (χ1) is 32.9. The van der Waals surface area contributed by atoms with Gasteiger partial charge in [-0.05, 0) is 95.6 Å². The topological polar surface area (TPSA) is 199 Å². The second kappa shape index (κ2) is 25.1. The van der Waals surface area contributed by atoms with Gasteiger partial charge in [0.25, 0.3) is 0 Å². The molecule has 0 aliphatic carbocycles. The Morgan fingerprint density at radius 1 is 0.783 bits per heavy atom. The Bertz CT molecular complexity index is 1640. The molecule has 5 saturated heterocycles. The third-order valence-electron chi connectivity index (χ3n) is 17.0. The molecule has 69 heavy (non-hydrogen) atoms. The Balaban J connectivity index is 1.07. The van der Waals surface area contributed by atoms with E-state index >= 15 is 0 Å². The van der Waals surface area contributed by atoms with Gasteiger partial charge in [-0.25, -0.2) is 0 Å². The summed E-state index contributed by atoms with van der Waals surface area (Å²) in [5.74, 6) is -4.96.